The van der Waals surface area contributed by atoms with E-state index < -0.39 is 0 Å². The third-order valence-electron chi connectivity index (χ3n) is 6.55. The van der Waals surface area contributed by atoms with Crippen molar-refractivity contribution in [2.75, 3.05) is 19.6 Å². The molecule has 1 aliphatic heterocycles. The van der Waals surface area contributed by atoms with Crippen molar-refractivity contribution in [3.8, 4) is 6.07 Å². The Morgan fingerprint density at radius 3 is 2.48 bits per heavy atom. The van der Waals surface area contributed by atoms with Crippen molar-refractivity contribution in [3.63, 3.8) is 0 Å². The van der Waals surface area contributed by atoms with Gasteiger partial charge < -0.3 is 10.3 Å². The Labute approximate surface area is 183 Å². The number of nitriles is 1. The second kappa shape index (κ2) is 9.15. The maximum absolute atomic E-state index is 11.7. The van der Waals surface area contributed by atoms with E-state index in [1.807, 2.05) is 42.9 Å². The first-order chi connectivity index (χ1) is 15.1. The fourth-order valence-electron chi connectivity index (χ4n) is 4.61. The number of nitrogens with two attached hydrogens (primary N) is 1. The van der Waals surface area contributed by atoms with Gasteiger partial charge in [0, 0.05) is 43.6 Å². The summed E-state index contributed by atoms with van der Waals surface area (Å²) >= 11 is 0. The third kappa shape index (κ3) is 4.68. The Morgan fingerprint density at radius 2 is 1.84 bits per heavy atom. The molecule has 2 N–H and O–H groups in total. The minimum atomic E-state index is -0.175. The van der Waals surface area contributed by atoms with Crippen LogP contribution in [0, 0.1) is 17.2 Å². The molecule has 0 atom stereocenters. The highest BCUT2D eigenvalue weighted by Gasteiger charge is 2.37. The summed E-state index contributed by atoms with van der Waals surface area (Å²) in [6.07, 6.45) is 6.37. The standard InChI is InChI=1S/C25H27N5O/c26-16-20-6-8-21(9-7-20)18-29-19-28-17-23(29)12-15-30(24-4-2-1-3-5-24)13-10-22(11-14-30)25(27)31/h1-9,17,19,22H,10-15,18H2,(H-,27,31)/p+1. The number of carbonyl (C=O) groups excluding carboxylic acids is 1. The fraction of sp³-hybridized carbons (Fsp3) is 0.320. The van der Waals surface area contributed by atoms with E-state index in [0.29, 0.717) is 5.56 Å². The van der Waals surface area contributed by atoms with E-state index in [0.717, 1.165) is 55.5 Å². The van der Waals surface area contributed by atoms with Gasteiger partial charge in [0.25, 0.3) is 0 Å². The lowest BCUT2D eigenvalue weighted by atomic mass is 9.93. The summed E-state index contributed by atoms with van der Waals surface area (Å²) in [6, 6.07) is 20.5. The van der Waals surface area contributed by atoms with Gasteiger partial charge in [-0.3, -0.25) is 9.28 Å². The van der Waals surface area contributed by atoms with Crippen molar-refractivity contribution < 1.29 is 4.79 Å². The zero-order chi connectivity index (χ0) is 21.7. The maximum atomic E-state index is 11.7. The number of aromatic nitrogens is 2. The van der Waals surface area contributed by atoms with Gasteiger partial charge in [-0.1, -0.05) is 30.3 Å². The minimum absolute atomic E-state index is 0.0168. The van der Waals surface area contributed by atoms with Crippen LogP contribution in [0.2, 0.25) is 0 Å². The molecule has 0 bridgehead atoms. The third-order valence-corrected chi connectivity index (χ3v) is 6.55. The predicted octanol–water partition coefficient (Wildman–Crippen LogP) is 3.25. The van der Waals surface area contributed by atoms with Crippen LogP contribution in [0.5, 0.6) is 0 Å². The van der Waals surface area contributed by atoms with Crippen molar-refractivity contribution in [2.24, 2.45) is 11.7 Å². The van der Waals surface area contributed by atoms with Gasteiger partial charge in [0.1, 0.15) is 5.69 Å². The quantitative estimate of drug-likeness (QED) is 0.602. The zero-order valence-electron chi connectivity index (χ0n) is 17.7. The molecule has 0 saturated carbocycles. The van der Waals surface area contributed by atoms with Crippen LogP contribution in [-0.4, -0.2) is 35.1 Å². The normalized spacial score (nSPS) is 20.8. The van der Waals surface area contributed by atoms with Crippen LogP contribution in [0.15, 0.2) is 67.1 Å². The Balaban J connectivity index is 1.50. The topological polar surface area (TPSA) is 84.7 Å². The Hall–Kier alpha value is -3.43. The summed E-state index contributed by atoms with van der Waals surface area (Å²) < 4.78 is 3.05. The highest BCUT2D eigenvalue weighted by Crippen LogP contribution is 2.31. The summed E-state index contributed by atoms with van der Waals surface area (Å²) in [6.45, 7) is 3.52. The Kier molecular flexibility index (Phi) is 6.15. The lowest BCUT2D eigenvalue weighted by Crippen LogP contribution is -2.56. The van der Waals surface area contributed by atoms with E-state index in [4.69, 9.17) is 11.0 Å². The van der Waals surface area contributed by atoms with Gasteiger partial charge >= 0.3 is 0 Å². The van der Waals surface area contributed by atoms with E-state index in [9.17, 15) is 4.79 Å². The molecule has 31 heavy (non-hydrogen) atoms. The van der Waals surface area contributed by atoms with Crippen molar-refractivity contribution in [1.82, 2.24) is 14.0 Å². The van der Waals surface area contributed by atoms with Crippen LogP contribution in [0.25, 0.3) is 0 Å². The van der Waals surface area contributed by atoms with E-state index in [2.05, 4.69) is 39.9 Å². The SMILES string of the molecule is N#Cc1ccc(Cn2cncc2CC[N+]2(c3ccccc3)CCC(C(N)=O)CC2)cc1. The molecule has 0 radical (unpaired) electrons. The van der Waals surface area contributed by atoms with Gasteiger partial charge in [-0.15, -0.1) is 0 Å². The molecule has 1 amide bonds. The Morgan fingerprint density at radius 1 is 1.13 bits per heavy atom. The monoisotopic (exact) mass is 414 g/mol. The molecule has 6 nitrogen and oxygen atoms in total. The molecule has 1 fully saturated rings. The number of likely N-dealkylation sites (tertiary alicyclic amines) is 1. The van der Waals surface area contributed by atoms with Crippen LogP contribution in [0.3, 0.4) is 0 Å². The number of primary amides is 1. The minimum Gasteiger partial charge on any atom is -0.369 e. The second-order valence-electron chi connectivity index (χ2n) is 8.40. The molecule has 1 aliphatic rings. The average molecular weight is 415 g/mol. The number of carbonyl (C=O) groups is 1. The van der Waals surface area contributed by atoms with Crippen LogP contribution in [0.4, 0.5) is 5.69 Å². The largest absolute Gasteiger partial charge is 0.369 e. The molecule has 0 aliphatic carbocycles. The first kappa shape index (κ1) is 20.8. The van der Waals surface area contributed by atoms with Crippen molar-refractivity contribution in [3.05, 3.63) is 83.9 Å². The fourth-order valence-corrected chi connectivity index (χ4v) is 4.61. The number of nitrogens with zero attached hydrogens (tertiary/aromatic N) is 4. The lowest BCUT2D eigenvalue weighted by Gasteiger charge is -2.43. The molecule has 4 rings (SSSR count). The Bertz CT molecular complexity index is 1060. The van der Waals surface area contributed by atoms with Gasteiger partial charge in [-0.2, -0.15) is 5.26 Å². The van der Waals surface area contributed by atoms with Crippen molar-refractivity contribution >= 4 is 11.6 Å². The van der Waals surface area contributed by atoms with Gasteiger partial charge in [0.2, 0.25) is 5.91 Å². The molecule has 158 valence electrons. The van der Waals surface area contributed by atoms with Crippen LogP contribution in [0.1, 0.15) is 29.7 Å². The summed E-state index contributed by atoms with van der Waals surface area (Å²) in [5.41, 5.74) is 9.88. The maximum Gasteiger partial charge on any atom is 0.220 e. The number of piperidine rings is 1. The molecular weight excluding hydrogens is 386 g/mol. The smallest absolute Gasteiger partial charge is 0.220 e. The number of benzene rings is 2. The van der Waals surface area contributed by atoms with Crippen molar-refractivity contribution in [2.45, 2.75) is 25.8 Å². The number of hydrogen-bond donors (Lipinski definition) is 1. The summed E-state index contributed by atoms with van der Waals surface area (Å²) in [4.78, 5) is 16.1. The summed E-state index contributed by atoms with van der Waals surface area (Å²) in [5, 5.41) is 9.00. The molecule has 3 aromatic rings. The van der Waals surface area contributed by atoms with Crippen molar-refractivity contribution in [1.29, 1.82) is 5.26 Å². The first-order valence-corrected chi connectivity index (χ1v) is 10.8. The molecule has 0 spiro atoms. The van der Waals surface area contributed by atoms with Gasteiger partial charge in [0.15, 0.2) is 0 Å². The van der Waals surface area contributed by atoms with Gasteiger partial charge in [0.05, 0.1) is 37.6 Å². The molecule has 0 unspecified atom stereocenters. The molecule has 2 aromatic carbocycles. The number of para-hydroxylation sites is 1. The van der Waals surface area contributed by atoms with E-state index in [1.54, 1.807) is 0 Å². The van der Waals surface area contributed by atoms with Gasteiger partial charge in [-0.05, 0) is 29.8 Å². The average Bonchev–Trinajstić information content (AvgIpc) is 3.26. The van der Waals surface area contributed by atoms with Gasteiger partial charge in [-0.25, -0.2) is 4.98 Å². The molecular formula is C25H28N5O+. The number of imidazole rings is 1. The molecule has 1 aromatic heterocycles. The van der Waals surface area contributed by atoms with Crippen LogP contribution >= 0.6 is 0 Å². The molecule has 2 heterocycles. The molecule has 1 saturated heterocycles. The van der Waals surface area contributed by atoms with E-state index in [-0.39, 0.29) is 11.8 Å². The summed E-state index contributed by atoms with van der Waals surface area (Å²) in [7, 11) is 0. The summed E-state index contributed by atoms with van der Waals surface area (Å²) in [5.74, 6) is -0.191. The van der Waals surface area contributed by atoms with E-state index >= 15 is 0 Å². The number of hydrogen-bond acceptors (Lipinski definition) is 3. The highest BCUT2D eigenvalue weighted by molar-refractivity contribution is 5.76. The first-order valence-electron chi connectivity index (χ1n) is 10.8. The number of amides is 1. The number of rotatable bonds is 7. The number of quaternary nitrogens is 1. The van der Waals surface area contributed by atoms with E-state index in [1.165, 1.54) is 11.4 Å². The molecule has 6 heteroatoms. The second-order valence-corrected chi connectivity index (χ2v) is 8.40. The van der Waals surface area contributed by atoms with Crippen LogP contribution in [-0.2, 0) is 17.8 Å². The highest BCUT2D eigenvalue weighted by atomic mass is 16.1. The zero-order valence-corrected chi connectivity index (χ0v) is 17.7. The predicted molar refractivity (Wildman–Crippen MR) is 121 cm³/mol. The lowest BCUT2D eigenvalue weighted by molar-refractivity contribution is -0.123. The van der Waals surface area contributed by atoms with Crippen LogP contribution < -0.4 is 10.2 Å².